The maximum Gasteiger partial charge on any atom is 0.264 e. The molecule has 27 heavy (non-hydrogen) atoms. The van der Waals surface area contributed by atoms with Crippen LogP contribution in [0.15, 0.2) is 40.2 Å². The third-order valence-electron chi connectivity index (χ3n) is 3.80. The zero-order valence-electron chi connectivity index (χ0n) is 14.8. The number of nitrogens with one attached hydrogen (secondary N) is 1. The molecule has 1 saturated heterocycles. The van der Waals surface area contributed by atoms with E-state index in [2.05, 4.69) is 10.3 Å². The number of halogens is 2. The van der Waals surface area contributed by atoms with Gasteiger partial charge in [-0.15, -0.1) is 0 Å². The summed E-state index contributed by atoms with van der Waals surface area (Å²) in [5, 5.41) is 4.32. The first-order valence-corrected chi connectivity index (χ1v) is 9.45. The highest BCUT2D eigenvalue weighted by Crippen LogP contribution is 2.38. The minimum atomic E-state index is -0.252. The lowest BCUT2D eigenvalue weighted by atomic mass is 10.1. The maximum atomic E-state index is 12.3. The van der Waals surface area contributed by atoms with Crippen molar-refractivity contribution in [3.05, 3.63) is 56.4 Å². The van der Waals surface area contributed by atoms with Crippen molar-refractivity contribution in [1.82, 2.24) is 5.32 Å². The van der Waals surface area contributed by atoms with Gasteiger partial charge in [0.15, 0.2) is 16.7 Å². The summed E-state index contributed by atoms with van der Waals surface area (Å²) in [6.45, 7) is 1.92. The second-order valence-electron chi connectivity index (χ2n) is 5.65. The minimum Gasteiger partial charge on any atom is -0.493 e. The summed E-state index contributed by atoms with van der Waals surface area (Å²) in [4.78, 5) is 17.2. The van der Waals surface area contributed by atoms with Crippen molar-refractivity contribution >= 4 is 57.8 Å². The first-order valence-electron chi connectivity index (χ1n) is 7.88. The largest absolute Gasteiger partial charge is 0.493 e. The van der Waals surface area contributed by atoms with Crippen molar-refractivity contribution in [2.75, 3.05) is 14.2 Å². The van der Waals surface area contributed by atoms with Crippen molar-refractivity contribution in [1.29, 1.82) is 0 Å². The Hall–Kier alpha value is -2.15. The van der Waals surface area contributed by atoms with Crippen LogP contribution in [0.2, 0.25) is 10.0 Å². The van der Waals surface area contributed by atoms with Gasteiger partial charge in [0, 0.05) is 21.7 Å². The molecular formula is C19H16Cl2N2O3S. The summed E-state index contributed by atoms with van der Waals surface area (Å²) in [5.41, 5.74) is 2.27. The van der Waals surface area contributed by atoms with E-state index >= 15 is 0 Å². The summed E-state index contributed by atoms with van der Waals surface area (Å²) in [6.07, 6.45) is 1.69. The third kappa shape index (κ3) is 4.40. The Kier molecular flexibility index (Phi) is 5.99. The highest BCUT2D eigenvalue weighted by Gasteiger charge is 2.25. The Morgan fingerprint density at radius 3 is 2.59 bits per heavy atom. The number of hydrogen-bond donors (Lipinski definition) is 1. The smallest absolute Gasteiger partial charge is 0.264 e. The van der Waals surface area contributed by atoms with E-state index in [0.29, 0.717) is 42.9 Å². The Bertz CT molecular complexity index is 974. The van der Waals surface area contributed by atoms with Crippen LogP contribution in [-0.2, 0) is 4.79 Å². The number of amides is 1. The van der Waals surface area contributed by atoms with Crippen LogP contribution in [0.25, 0.3) is 6.08 Å². The summed E-state index contributed by atoms with van der Waals surface area (Å²) in [5.74, 6) is 0.736. The molecule has 0 radical (unpaired) electrons. The number of rotatable bonds is 4. The Morgan fingerprint density at radius 2 is 1.93 bits per heavy atom. The molecule has 1 fully saturated rings. The molecule has 1 heterocycles. The number of carbonyl (C=O) groups is 1. The van der Waals surface area contributed by atoms with E-state index in [-0.39, 0.29) is 5.91 Å². The van der Waals surface area contributed by atoms with Gasteiger partial charge >= 0.3 is 0 Å². The van der Waals surface area contributed by atoms with E-state index in [9.17, 15) is 4.79 Å². The minimum absolute atomic E-state index is 0.252. The summed E-state index contributed by atoms with van der Waals surface area (Å²) in [7, 11) is 3.06. The SMILES string of the molecule is COc1cc(Cl)cc(/C=C2/SC(=Nc3ccc(C)c(Cl)c3)NC2=O)c1OC. The number of carbonyl (C=O) groups excluding carboxylic acids is 1. The van der Waals surface area contributed by atoms with Gasteiger partial charge < -0.3 is 14.8 Å². The van der Waals surface area contributed by atoms with Crippen LogP contribution >= 0.6 is 35.0 Å². The molecule has 0 bridgehead atoms. The molecule has 0 unspecified atom stereocenters. The van der Waals surface area contributed by atoms with E-state index < -0.39 is 0 Å². The fourth-order valence-electron chi connectivity index (χ4n) is 2.46. The Labute approximate surface area is 171 Å². The molecule has 8 heteroatoms. The lowest BCUT2D eigenvalue weighted by molar-refractivity contribution is -0.115. The molecule has 1 aliphatic rings. The topological polar surface area (TPSA) is 59.9 Å². The van der Waals surface area contributed by atoms with E-state index in [1.807, 2.05) is 19.1 Å². The van der Waals surface area contributed by atoms with Crippen LogP contribution < -0.4 is 14.8 Å². The standard InChI is InChI=1S/C19H16Cl2N2O3S/c1-10-4-5-13(9-14(10)21)22-19-23-18(24)16(27-19)7-11-6-12(20)8-15(25-2)17(11)26-3/h4-9H,1-3H3,(H,22,23,24)/b16-7+. The van der Waals surface area contributed by atoms with Gasteiger partial charge in [-0.05, 0) is 48.5 Å². The summed E-state index contributed by atoms with van der Waals surface area (Å²) < 4.78 is 10.7. The van der Waals surface area contributed by atoms with Gasteiger partial charge in [0.25, 0.3) is 5.91 Å². The number of thioether (sulfide) groups is 1. The number of methoxy groups -OCH3 is 2. The van der Waals surface area contributed by atoms with Crippen LogP contribution in [-0.4, -0.2) is 25.3 Å². The van der Waals surface area contributed by atoms with Crippen molar-refractivity contribution in [2.45, 2.75) is 6.92 Å². The third-order valence-corrected chi connectivity index (χ3v) is 5.33. The second-order valence-corrected chi connectivity index (χ2v) is 7.52. The first-order chi connectivity index (χ1) is 12.9. The highest BCUT2D eigenvalue weighted by molar-refractivity contribution is 8.18. The monoisotopic (exact) mass is 422 g/mol. The number of ether oxygens (including phenoxy) is 2. The zero-order valence-corrected chi connectivity index (χ0v) is 17.1. The number of aliphatic imine (C=N–C) groups is 1. The number of benzene rings is 2. The van der Waals surface area contributed by atoms with Gasteiger partial charge in [-0.25, -0.2) is 4.99 Å². The molecule has 2 aromatic carbocycles. The summed E-state index contributed by atoms with van der Waals surface area (Å²) >= 11 is 13.5. The molecule has 140 valence electrons. The van der Waals surface area contributed by atoms with E-state index in [4.69, 9.17) is 32.7 Å². The van der Waals surface area contributed by atoms with Crippen molar-refractivity contribution in [2.24, 2.45) is 4.99 Å². The molecule has 1 amide bonds. The summed E-state index contributed by atoms with van der Waals surface area (Å²) in [6, 6.07) is 8.83. The van der Waals surface area contributed by atoms with E-state index in [1.54, 1.807) is 24.3 Å². The van der Waals surface area contributed by atoms with Crippen LogP contribution in [0.3, 0.4) is 0 Å². The van der Waals surface area contributed by atoms with E-state index in [1.165, 1.54) is 26.0 Å². The molecule has 5 nitrogen and oxygen atoms in total. The predicted octanol–water partition coefficient (Wildman–Crippen LogP) is 5.21. The molecule has 1 N–H and O–H groups in total. The van der Waals surface area contributed by atoms with Crippen LogP contribution in [0.5, 0.6) is 11.5 Å². The quantitative estimate of drug-likeness (QED) is 0.686. The normalized spacial score (nSPS) is 16.7. The van der Waals surface area contributed by atoms with Crippen molar-refractivity contribution < 1.29 is 14.3 Å². The van der Waals surface area contributed by atoms with Crippen LogP contribution in [0.4, 0.5) is 5.69 Å². The predicted molar refractivity (Wildman–Crippen MR) is 112 cm³/mol. The number of hydrogen-bond acceptors (Lipinski definition) is 5. The van der Waals surface area contributed by atoms with Gasteiger partial charge in [0.2, 0.25) is 0 Å². The van der Waals surface area contributed by atoms with Crippen molar-refractivity contribution in [3.8, 4) is 11.5 Å². The highest BCUT2D eigenvalue weighted by atomic mass is 35.5. The molecule has 0 aromatic heterocycles. The number of nitrogens with zero attached hydrogens (tertiary/aromatic N) is 1. The molecule has 0 spiro atoms. The molecule has 2 aromatic rings. The lowest BCUT2D eigenvalue weighted by Crippen LogP contribution is -2.19. The first kappa shape index (κ1) is 19.6. The molecule has 3 rings (SSSR count). The van der Waals surface area contributed by atoms with Gasteiger partial charge in [-0.2, -0.15) is 0 Å². The molecular weight excluding hydrogens is 407 g/mol. The Balaban J connectivity index is 1.93. The average molecular weight is 423 g/mol. The van der Waals surface area contributed by atoms with Gasteiger partial charge in [0.1, 0.15) is 0 Å². The second kappa shape index (κ2) is 8.25. The molecule has 0 atom stereocenters. The number of aryl methyl sites for hydroxylation is 1. The van der Waals surface area contributed by atoms with Crippen LogP contribution in [0.1, 0.15) is 11.1 Å². The van der Waals surface area contributed by atoms with Crippen LogP contribution in [0, 0.1) is 6.92 Å². The fraction of sp³-hybridized carbons (Fsp3) is 0.158. The van der Waals surface area contributed by atoms with Gasteiger partial charge in [0.05, 0.1) is 24.8 Å². The zero-order chi connectivity index (χ0) is 19.6. The van der Waals surface area contributed by atoms with Gasteiger partial charge in [-0.1, -0.05) is 29.3 Å². The molecule has 1 aliphatic heterocycles. The number of amidine groups is 1. The van der Waals surface area contributed by atoms with E-state index in [0.717, 1.165) is 5.56 Å². The fourth-order valence-corrected chi connectivity index (χ4v) is 3.68. The molecule has 0 aliphatic carbocycles. The lowest BCUT2D eigenvalue weighted by Gasteiger charge is -2.11. The molecule has 0 saturated carbocycles. The maximum absolute atomic E-state index is 12.3. The average Bonchev–Trinajstić information content (AvgIpc) is 2.96. The van der Waals surface area contributed by atoms with Crippen molar-refractivity contribution in [3.63, 3.8) is 0 Å². The Morgan fingerprint density at radius 1 is 1.15 bits per heavy atom. The van der Waals surface area contributed by atoms with Gasteiger partial charge in [-0.3, -0.25) is 4.79 Å².